The minimum Gasteiger partial charge on any atom is -0.495 e. The van der Waals surface area contributed by atoms with Gasteiger partial charge in [-0.1, -0.05) is 6.07 Å². The van der Waals surface area contributed by atoms with E-state index in [1.807, 2.05) is 19.2 Å². The highest BCUT2D eigenvalue weighted by molar-refractivity contribution is 5.61. The zero-order chi connectivity index (χ0) is 12.3. The summed E-state index contributed by atoms with van der Waals surface area (Å²) in [5.74, 6) is 0.884. The van der Waals surface area contributed by atoms with Crippen molar-refractivity contribution in [3.8, 4) is 5.75 Å². The van der Waals surface area contributed by atoms with Crippen LogP contribution < -0.4 is 15.4 Å². The van der Waals surface area contributed by atoms with Crippen LogP contribution in [0, 0.1) is 6.92 Å². The van der Waals surface area contributed by atoms with Crippen LogP contribution in [0.2, 0.25) is 0 Å². The molecule has 1 rings (SSSR count). The zero-order valence-electron chi connectivity index (χ0n) is 10.9. The molecule has 90 valence electrons. The Labute approximate surface area is 98.2 Å². The quantitative estimate of drug-likeness (QED) is 0.848. The minimum absolute atomic E-state index is 0.0823. The first-order valence-corrected chi connectivity index (χ1v) is 5.51. The molecular formula is C13H22N2O. The molecule has 0 atom stereocenters. The van der Waals surface area contributed by atoms with E-state index in [1.165, 1.54) is 5.56 Å². The summed E-state index contributed by atoms with van der Waals surface area (Å²) in [5, 5.41) is 0. The van der Waals surface area contributed by atoms with Gasteiger partial charge in [-0.05, 0) is 38.5 Å². The van der Waals surface area contributed by atoms with E-state index in [1.54, 1.807) is 7.11 Å². The molecule has 1 aromatic carbocycles. The smallest absolute Gasteiger partial charge is 0.142 e. The van der Waals surface area contributed by atoms with E-state index in [2.05, 4.69) is 31.7 Å². The summed E-state index contributed by atoms with van der Waals surface area (Å²) in [6, 6.07) is 6.16. The summed E-state index contributed by atoms with van der Waals surface area (Å²) in [6.07, 6.45) is 0. The summed E-state index contributed by atoms with van der Waals surface area (Å²) in [4.78, 5) is 2.17. The fourth-order valence-corrected chi connectivity index (χ4v) is 1.53. The van der Waals surface area contributed by atoms with Crippen molar-refractivity contribution in [3.63, 3.8) is 0 Å². The number of rotatable bonds is 4. The third kappa shape index (κ3) is 2.47. The number of hydrogen-bond donors (Lipinski definition) is 1. The molecule has 0 unspecified atom stereocenters. The van der Waals surface area contributed by atoms with E-state index in [9.17, 15) is 0 Å². The number of hydrogen-bond acceptors (Lipinski definition) is 3. The van der Waals surface area contributed by atoms with Gasteiger partial charge in [0.15, 0.2) is 0 Å². The van der Waals surface area contributed by atoms with Gasteiger partial charge in [-0.2, -0.15) is 0 Å². The van der Waals surface area contributed by atoms with Crippen LogP contribution in [-0.2, 0) is 0 Å². The lowest BCUT2D eigenvalue weighted by atomic mass is 10.0. The van der Waals surface area contributed by atoms with Crippen LogP contribution in [0.15, 0.2) is 18.2 Å². The second-order valence-corrected chi connectivity index (χ2v) is 4.75. The van der Waals surface area contributed by atoms with Gasteiger partial charge >= 0.3 is 0 Å². The van der Waals surface area contributed by atoms with Crippen LogP contribution in [0.1, 0.15) is 19.4 Å². The van der Waals surface area contributed by atoms with Crippen LogP contribution >= 0.6 is 0 Å². The molecule has 0 heterocycles. The number of ether oxygens (including phenoxy) is 1. The molecule has 0 aliphatic carbocycles. The first kappa shape index (κ1) is 12.8. The predicted octanol–water partition coefficient (Wildman–Crippen LogP) is 2.18. The molecule has 0 aliphatic heterocycles. The Morgan fingerprint density at radius 2 is 2.00 bits per heavy atom. The van der Waals surface area contributed by atoms with Gasteiger partial charge < -0.3 is 15.4 Å². The monoisotopic (exact) mass is 222 g/mol. The number of likely N-dealkylation sites (N-methyl/N-ethyl adjacent to an activating group) is 1. The van der Waals surface area contributed by atoms with Crippen LogP contribution in [-0.4, -0.2) is 26.2 Å². The first-order chi connectivity index (χ1) is 7.42. The van der Waals surface area contributed by atoms with Crippen molar-refractivity contribution in [2.75, 3.05) is 25.6 Å². The van der Waals surface area contributed by atoms with Crippen molar-refractivity contribution < 1.29 is 4.74 Å². The molecular weight excluding hydrogens is 200 g/mol. The number of benzene rings is 1. The Morgan fingerprint density at radius 3 is 2.50 bits per heavy atom. The summed E-state index contributed by atoms with van der Waals surface area (Å²) in [7, 11) is 3.74. The van der Waals surface area contributed by atoms with E-state index in [0.717, 1.165) is 11.4 Å². The molecule has 0 spiro atoms. The van der Waals surface area contributed by atoms with Gasteiger partial charge in [0.1, 0.15) is 5.75 Å². The van der Waals surface area contributed by atoms with Gasteiger partial charge in [0.2, 0.25) is 0 Å². The third-order valence-corrected chi connectivity index (χ3v) is 3.10. The van der Waals surface area contributed by atoms with Gasteiger partial charge in [-0.3, -0.25) is 0 Å². The van der Waals surface area contributed by atoms with Crippen molar-refractivity contribution >= 4 is 5.69 Å². The van der Waals surface area contributed by atoms with E-state index >= 15 is 0 Å². The Kier molecular flexibility index (Phi) is 3.81. The van der Waals surface area contributed by atoms with Crippen molar-refractivity contribution in [3.05, 3.63) is 23.8 Å². The highest BCUT2D eigenvalue weighted by Crippen LogP contribution is 2.32. The fraction of sp³-hybridized carbons (Fsp3) is 0.538. The van der Waals surface area contributed by atoms with Crippen molar-refractivity contribution in [1.29, 1.82) is 0 Å². The molecule has 0 saturated heterocycles. The SMILES string of the molecule is COc1ccc(C)cc1N(C)C(C)(C)CN. The van der Waals surface area contributed by atoms with E-state index in [-0.39, 0.29) is 5.54 Å². The third-order valence-electron chi connectivity index (χ3n) is 3.10. The van der Waals surface area contributed by atoms with Crippen LogP contribution in [0.5, 0.6) is 5.75 Å². The molecule has 0 radical (unpaired) electrons. The van der Waals surface area contributed by atoms with Crippen LogP contribution in [0.4, 0.5) is 5.69 Å². The van der Waals surface area contributed by atoms with Gasteiger partial charge in [0, 0.05) is 19.1 Å². The van der Waals surface area contributed by atoms with Gasteiger partial charge in [0.05, 0.1) is 12.8 Å². The Morgan fingerprint density at radius 1 is 1.38 bits per heavy atom. The molecule has 0 fully saturated rings. The maximum atomic E-state index is 5.79. The molecule has 16 heavy (non-hydrogen) atoms. The molecule has 0 aliphatic rings. The predicted molar refractivity (Wildman–Crippen MR) is 69.3 cm³/mol. The molecule has 2 N–H and O–H groups in total. The zero-order valence-corrected chi connectivity index (χ0v) is 10.9. The topological polar surface area (TPSA) is 38.5 Å². The highest BCUT2D eigenvalue weighted by Gasteiger charge is 2.24. The molecule has 3 nitrogen and oxygen atoms in total. The largest absolute Gasteiger partial charge is 0.495 e. The Bertz CT molecular complexity index is 361. The molecule has 3 heteroatoms. The lowest BCUT2D eigenvalue weighted by molar-refractivity contribution is 0.408. The first-order valence-electron chi connectivity index (χ1n) is 5.51. The number of nitrogens with two attached hydrogens (primary N) is 1. The Balaban J connectivity index is 3.16. The average molecular weight is 222 g/mol. The molecule has 0 aromatic heterocycles. The summed E-state index contributed by atoms with van der Waals surface area (Å²) < 4.78 is 5.38. The summed E-state index contributed by atoms with van der Waals surface area (Å²) >= 11 is 0. The van der Waals surface area contributed by atoms with E-state index in [4.69, 9.17) is 10.5 Å². The number of nitrogens with zero attached hydrogens (tertiary/aromatic N) is 1. The standard InChI is InChI=1S/C13H22N2O/c1-10-6-7-12(16-5)11(8-10)15(4)13(2,3)9-14/h6-8H,9,14H2,1-5H3. The lowest BCUT2D eigenvalue weighted by Crippen LogP contribution is -2.47. The summed E-state index contributed by atoms with van der Waals surface area (Å²) in [5.41, 5.74) is 8.01. The fourth-order valence-electron chi connectivity index (χ4n) is 1.53. The molecule has 1 aromatic rings. The summed E-state index contributed by atoms with van der Waals surface area (Å²) in [6.45, 7) is 6.91. The van der Waals surface area contributed by atoms with Gasteiger partial charge in [-0.15, -0.1) is 0 Å². The molecule has 0 bridgehead atoms. The average Bonchev–Trinajstić information content (AvgIpc) is 2.28. The minimum atomic E-state index is -0.0823. The van der Waals surface area contributed by atoms with Crippen molar-refractivity contribution in [1.82, 2.24) is 0 Å². The van der Waals surface area contributed by atoms with Gasteiger partial charge in [-0.25, -0.2) is 0 Å². The second kappa shape index (κ2) is 4.74. The molecule has 0 saturated carbocycles. The molecule has 0 amide bonds. The van der Waals surface area contributed by atoms with Crippen molar-refractivity contribution in [2.45, 2.75) is 26.3 Å². The van der Waals surface area contributed by atoms with Crippen LogP contribution in [0.3, 0.4) is 0 Å². The van der Waals surface area contributed by atoms with Crippen LogP contribution in [0.25, 0.3) is 0 Å². The van der Waals surface area contributed by atoms with E-state index in [0.29, 0.717) is 6.54 Å². The maximum absolute atomic E-state index is 5.79. The number of aryl methyl sites for hydroxylation is 1. The number of anilines is 1. The second-order valence-electron chi connectivity index (χ2n) is 4.75. The van der Waals surface area contributed by atoms with Gasteiger partial charge in [0.25, 0.3) is 0 Å². The maximum Gasteiger partial charge on any atom is 0.142 e. The number of methoxy groups -OCH3 is 1. The Hall–Kier alpha value is -1.22. The normalized spacial score (nSPS) is 11.4. The lowest BCUT2D eigenvalue weighted by Gasteiger charge is -2.37. The van der Waals surface area contributed by atoms with E-state index < -0.39 is 0 Å². The van der Waals surface area contributed by atoms with Crippen molar-refractivity contribution in [2.24, 2.45) is 5.73 Å². The highest BCUT2D eigenvalue weighted by atomic mass is 16.5.